The van der Waals surface area contributed by atoms with Crippen LogP contribution in [-0.4, -0.2) is 54.3 Å². The second-order valence-corrected chi connectivity index (χ2v) is 6.40. The van der Waals surface area contributed by atoms with Crippen molar-refractivity contribution in [3.63, 3.8) is 0 Å². The van der Waals surface area contributed by atoms with Gasteiger partial charge >= 0.3 is 6.18 Å². The number of β-amino-alcohol motifs (C(OH)–C–C–N with tert-alkyl or cyclic N) is 1. The molecule has 118 valence electrons. The maximum absolute atomic E-state index is 13.2. The zero-order valence-electron chi connectivity index (χ0n) is 11.7. The fraction of sp³-hybridized carbons (Fsp3) is 0.615. The van der Waals surface area contributed by atoms with Crippen LogP contribution in [0.15, 0.2) is 16.7 Å². The van der Waals surface area contributed by atoms with E-state index in [-0.39, 0.29) is 22.9 Å². The number of aliphatic hydroxyl groups is 1. The van der Waals surface area contributed by atoms with Gasteiger partial charge in [0.15, 0.2) is 0 Å². The number of nitrogens with zero attached hydrogens (tertiary/aromatic N) is 3. The van der Waals surface area contributed by atoms with Crippen LogP contribution < -0.4 is 4.90 Å². The number of halogens is 4. The van der Waals surface area contributed by atoms with Crippen LogP contribution in [0.1, 0.15) is 12.0 Å². The van der Waals surface area contributed by atoms with Gasteiger partial charge in [-0.05, 0) is 42.5 Å². The summed E-state index contributed by atoms with van der Waals surface area (Å²) in [5.41, 5.74) is -0.783. The van der Waals surface area contributed by atoms with Gasteiger partial charge in [-0.3, -0.25) is 0 Å². The molecule has 2 heterocycles. The van der Waals surface area contributed by atoms with Crippen molar-refractivity contribution in [2.45, 2.75) is 24.7 Å². The van der Waals surface area contributed by atoms with Crippen LogP contribution in [0, 0.1) is 0 Å². The van der Waals surface area contributed by atoms with Gasteiger partial charge in [0.2, 0.25) is 0 Å². The van der Waals surface area contributed by atoms with E-state index < -0.39 is 17.8 Å². The monoisotopic (exact) mass is 367 g/mol. The Morgan fingerprint density at radius 3 is 2.71 bits per heavy atom. The highest BCUT2D eigenvalue weighted by Gasteiger charge is 2.40. The van der Waals surface area contributed by atoms with Crippen molar-refractivity contribution in [2.75, 3.05) is 32.1 Å². The van der Waals surface area contributed by atoms with Crippen LogP contribution in [0.3, 0.4) is 0 Å². The number of hydrogen-bond acceptors (Lipinski definition) is 4. The SMILES string of the molecule is CN(C)CC1CC(O)CN1c1ncc(Br)cc1C(F)(F)F. The third-order valence-corrected chi connectivity index (χ3v) is 3.81. The third kappa shape index (κ3) is 3.87. The summed E-state index contributed by atoms with van der Waals surface area (Å²) in [6, 6.07) is 0.838. The smallest absolute Gasteiger partial charge is 0.391 e. The van der Waals surface area contributed by atoms with Gasteiger partial charge < -0.3 is 14.9 Å². The Labute approximate surface area is 129 Å². The Bertz CT molecular complexity index is 510. The second kappa shape index (κ2) is 6.10. The molecule has 0 radical (unpaired) electrons. The van der Waals surface area contributed by atoms with Gasteiger partial charge in [0.1, 0.15) is 5.82 Å². The topological polar surface area (TPSA) is 39.6 Å². The molecule has 1 aromatic heterocycles. The first-order valence-corrected chi connectivity index (χ1v) is 7.30. The molecule has 2 rings (SSSR count). The summed E-state index contributed by atoms with van der Waals surface area (Å²) in [6.45, 7) is 0.725. The third-order valence-electron chi connectivity index (χ3n) is 3.38. The largest absolute Gasteiger partial charge is 0.419 e. The average Bonchev–Trinajstić information content (AvgIpc) is 2.68. The van der Waals surface area contributed by atoms with Crippen molar-refractivity contribution in [2.24, 2.45) is 0 Å². The highest BCUT2D eigenvalue weighted by Crippen LogP contribution is 2.39. The second-order valence-electron chi connectivity index (χ2n) is 5.48. The Hall–Kier alpha value is -0.860. The van der Waals surface area contributed by atoms with Gasteiger partial charge in [-0.2, -0.15) is 13.2 Å². The molecule has 2 atom stereocenters. The van der Waals surface area contributed by atoms with E-state index in [1.807, 2.05) is 19.0 Å². The molecule has 1 saturated heterocycles. The molecule has 8 heteroatoms. The van der Waals surface area contributed by atoms with Crippen LogP contribution in [0.4, 0.5) is 19.0 Å². The Morgan fingerprint density at radius 2 is 2.14 bits per heavy atom. The van der Waals surface area contributed by atoms with Crippen molar-refractivity contribution >= 4 is 21.7 Å². The van der Waals surface area contributed by atoms with Gasteiger partial charge in [-0.1, -0.05) is 0 Å². The van der Waals surface area contributed by atoms with E-state index in [0.29, 0.717) is 13.0 Å². The number of alkyl halides is 3. The molecule has 1 aliphatic rings. The summed E-state index contributed by atoms with van der Waals surface area (Å²) in [5, 5.41) is 9.81. The minimum atomic E-state index is -4.48. The van der Waals surface area contributed by atoms with Gasteiger partial charge in [-0.15, -0.1) is 0 Å². The molecule has 21 heavy (non-hydrogen) atoms. The lowest BCUT2D eigenvalue weighted by atomic mass is 10.1. The van der Waals surface area contributed by atoms with Crippen molar-refractivity contribution in [1.29, 1.82) is 0 Å². The number of pyridine rings is 1. The summed E-state index contributed by atoms with van der Waals surface area (Å²) in [5.74, 6) is -0.117. The normalized spacial score (nSPS) is 23.1. The molecule has 1 N–H and O–H groups in total. The van der Waals surface area contributed by atoms with E-state index in [0.717, 1.165) is 6.07 Å². The Morgan fingerprint density at radius 1 is 1.48 bits per heavy atom. The highest BCUT2D eigenvalue weighted by molar-refractivity contribution is 9.10. The van der Waals surface area contributed by atoms with Crippen LogP contribution in [-0.2, 0) is 6.18 Å². The number of aromatic nitrogens is 1. The molecule has 1 aromatic rings. The number of likely N-dealkylation sites (N-methyl/N-ethyl adjacent to an activating group) is 1. The van der Waals surface area contributed by atoms with Crippen LogP contribution in [0.5, 0.6) is 0 Å². The minimum absolute atomic E-state index is 0.117. The van der Waals surface area contributed by atoms with E-state index in [1.54, 1.807) is 4.90 Å². The van der Waals surface area contributed by atoms with Crippen LogP contribution in [0.25, 0.3) is 0 Å². The lowest BCUT2D eigenvalue weighted by molar-refractivity contribution is -0.137. The predicted octanol–water partition coefficient (Wildman–Crippen LogP) is 2.36. The standard InChI is InChI=1S/C13H17BrF3N3O/c1-19(2)6-9-4-10(21)7-20(9)12-11(13(15,16)17)3-8(14)5-18-12/h3,5,9-10,21H,4,6-7H2,1-2H3. The van der Waals surface area contributed by atoms with E-state index >= 15 is 0 Å². The lowest BCUT2D eigenvalue weighted by Gasteiger charge is -2.29. The molecule has 0 spiro atoms. The molecule has 0 bridgehead atoms. The van der Waals surface area contributed by atoms with Crippen molar-refractivity contribution in [3.05, 3.63) is 22.3 Å². The minimum Gasteiger partial charge on any atom is -0.391 e. The fourth-order valence-corrected chi connectivity index (χ4v) is 2.95. The predicted molar refractivity (Wildman–Crippen MR) is 77.3 cm³/mol. The van der Waals surface area contributed by atoms with E-state index in [4.69, 9.17) is 0 Å². The highest BCUT2D eigenvalue weighted by atomic mass is 79.9. The first-order valence-electron chi connectivity index (χ1n) is 6.50. The number of anilines is 1. The van der Waals surface area contributed by atoms with E-state index in [2.05, 4.69) is 20.9 Å². The maximum atomic E-state index is 13.2. The first-order chi connectivity index (χ1) is 9.68. The Kier molecular flexibility index (Phi) is 4.79. The molecular formula is C13H17BrF3N3O. The summed E-state index contributed by atoms with van der Waals surface area (Å²) in [6.07, 6.45) is -3.33. The molecule has 1 fully saturated rings. The van der Waals surface area contributed by atoms with Crippen molar-refractivity contribution < 1.29 is 18.3 Å². The summed E-state index contributed by atoms with van der Waals surface area (Å²) >= 11 is 3.03. The number of hydrogen-bond donors (Lipinski definition) is 1. The molecule has 1 aliphatic heterocycles. The first kappa shape index (κ1) is 16.5. The van der Waals surface area contributed by atoms with Gasteiger partial charge in [0.05, 0.1) is 11.7 Å². The van der Waals surface area contributed by atoms with Crippen LogP contribution >= 0.6 is 15.9 Å². The summed E-state index contributed by atoms with van der Waals surface area (Å²) < 4.78 is 39.9. The molecular weight excluding hydrogens is 351 g/mol. The molecule has 0 aliphatic carbocycles. The lowest BCUT2D eigenvalue weighted by Crippen LogP contribution is -2.39. The average molecular weight is 368 g/mol. The zero-order valence-corrected chi connectivity index (χ0v) is 13.3. The van der Waals surface area contributed by atoms with Gasteiger partial charge in [0, 0.05) is 29.8 Å². The summed E-state index contributed by atoms with van der Waals surface area (Å²) in [7, 11) is 3.70. The molecule has 4 nitrogen and oxygen atoms in total. The van der Waals surface area contributed by atoms with Gasteiger partial charge in [-0.25, -0.2) is 4.98 Å². The molecule has 0 amide bonds. The summed E-state index contributed by atoms with van der Waals surface area (Å²) in [4.78, 5) is 7.39. The quantitative estimate of drug-likeness (QED) is 0.890. The molecule has 0 aromatic carbocycles. The van der Waals surface area contributed by atoms with Gasteiger partial charge in [0.25, 0.3) is 0 Å². The van der Waals surface area contributed by atoms with Crippen LogP contribution in [0.2, 0.25) is 0 Å². The zero-order chi connectivity index (χ0) is 15.8. The number of rotatable bonds is 3. The van der Waals surface area contributed by atoms with E-state index in [9.17, 15) is 18.3 Å². The Balaban J connectivity index is 2.40. The molecule has 0 saturated carbocycles. The van der Waals surface area contributed by atoms with Crippen molar-refractivity contribution in [3.8, 4) is 0 Å². The fourth-order valence-electron chi connectivity index (χ4n) is 2.62. The maximum Gasteiger partial charge on any atom is 0.419 e. The number of aliphatic hydroxyl groups excluding tert-OH is 1. The van der Waals surface area contributed by atoms with Crippen molar-refractivity contribution in [1.82, 2.24) is 9.88 Å². The van der Waals surface area contributed by atoms with E-state index in [1.165, 1.54) is 6.20 Å². The molecule has 2 unspecified atom stereocenters.